The lowest BCUT2D eigenvalue weighted by Gasteiger charge is -2.08. The van der Waals surface area contributed by atoms with Crippen LogP contribution in [-0.2, 0) is 0 Å². The summed E-state index contributed by atoms with van der Waals surface area (Å²) in [6.07, 6.45) is 1.53. The molecule has 0 saturated heterocycles. The van der Waals surface area contributed by atoms with Crippen molar-refractivity contribution in [2.75, 3.05) is 17.2 Å². The highest BCUT2D eigenvalue weighted by Gasteiger charge is 2.11. The van der Waals surface area contributed by atoms with Gasteiger partial charge >= 0.3 is 0 Å². The second-order valence-electron chi connectivity index (χ2n) is 4.04. The van der Waals surface area contributed by atoms with Crippen molar-refractivity contribution >= 4 is 28.9 Å². The van der Waals surface area contributed by atoms with Crippen LogP contribution in [0.15, 0.2) is 36.5 Å². The minimum atomic E-state index is -0.473. The third-order valence-corrected chi connectivity index (χ3v) is 2.88. The Kier molecular flexibility index (Phi) is 4.53. The number of benzene rings is 1. The Hall–Kier alpha value is -2.14. The fraction of sp³-hybridized carbons (Fsp3) is 0.143. The van der Waals surface area contributed by atoms with Gasteiger partial charge in [0.25, 0.3) is 5.91 Å². The lowest BCUT2D eigenvalue weighted by molar-refractivity contribution is 0.102. The Bertz CT molecular complexity index is 634. The zero-order valence-electron chi connectivity index (χ0n) is 10.8. The molecule has 1 aromatic heterocycles. The molecular formula is C14H13ClFN3O. The zero-order valence-corrected chi connectivity index (χ0v) is 11.5. The average Bonchev–Trinajstić information content (AvgIpc) is 2.43. The predicted octanol–water partition coefficient (Wildman–Crippen LogP) is 3.56. The van der Waals surface area contributed by atoms with Crippen LogP contribution in [0.4, 0.5) is 15.8 Å². The molecule has 0 aliphatic carbocycles. The van der Waals surface area contributed by atoms with E-state index in [1.54, 1.807) is 12.1 Å². The van der Waals surface area contributed by atoms with E-state index in [4.69, 9.17) is 11.6 Å². The minimum absolute atomic E-state index is 0.215. The number of rotatable bonds is 4. The van der Waals surface area contributed by atoms with Crippen molar-refractivity contribution < 1.29 is 9.18 Å². The third kappa shape index (κ3) is 3.45. The summed E-state index contributed by atoms with van der Waals surface area (Å²) in [5.41, 5.74) is 1.23. The number of hydrogen-bond acceptors (Lipinski definition) is 3. The summed E-state index contributed by atoms with van der Waals surface area (Å²) in [5.74, 6) is -0.920. The van der Waals surface area contributed by atoms with Crippen molar-refractivity contribution in [3.05, 3.63) is 53.1 Å². The van der Waals surface area contributed by atoms with Gasteiger partial charge in [-0.1, -0.05) is 11.6 Å². The van der Waals surface area contributed by atoms with E-state index in [1.165, 1.54) is 18.3 Å². The maximum Gasteiger partial charge on any atom is 0.274 e. The van der Waals surface area contributed by atoms with Crippen molar-refractivity contribution in [2.24, 2.45) is 0 Å². The number of hydrogen-bond donors (Lipinski definition) is 2. The highest BCUT2D eigenvalue weighted by molar-refractivity contribution is 6.33. The fourth-order valence-electron chi connectivity index (χ4n) is 1.65. The number of nitrogens with one attached hydrogen (secondary N) is 2. The van der Waals surface area contributed by atoms with Crippen LogP contribution in [0.3, 0.4) is 0 Å². The lowest BCUT2D eigenvalue weighted by Crippen LogP contribution is -2.14. The molecule has 2 rings (SSSR count). The number of anilines is 2. The molecular weight excluding hydrogens is 281 g/mol. The van der Waals surface area contributed by atoms with Crippen LogP contribution in [0.5, 0.6) is 0 Å². The lowest BCUT2D eigenvalue weighted by atomic mass is 10.2. The van der Waals surface area contributed by atoms with E-state index in [1.807, 2.05) is 6.92 Å². The number of pyridine rings is 1. The van der Waals surface area contributed by atoms with Gasteiger partial charge in [-0.25, -0.2) is 4.39 Å². The summed E-state index contributed by atoms with van der Waals surface area (Å²) in [5, 5.41) is 5.88. The Morgan fingerprint density at radius 2 is 2.15 bits per heavy atom. The molecule has 2 N–H and O–H groups in total. The molecule has 1 heterocycles. The van der Waals surface area contributed by atoms with Crippen LogP contribution < -0.4 is 10.6 Å². The SMILES string of the molecule is CCNc1ccnc(C(=O)Nc2cc(F)ccc2Cl)c1. The van der Waals surface area contributed by atoms with Crippen molar-refractivity contribution in [3.63, 3.8) is 0 Å². The maximum absolute atomic E-state index is 13.1. The molecule has 0 bridgehead atoms. The van der Waals surface area contributed by atoms with E-state index in [0.29, 0.717) is 0 Å². The van der Waals surface area contributed by atoms with E-state index < -0.39 is 11.7 Å². The first kappa shape index (κ1) is 14.3. The van der Waals surface area contributed by atoms with Crippen molar-refractivity contribution in [1.29, 1.82) is 0 Å². The molecule has 1 amide bonds. The molecule has 6 heteroatoms. The van der Waals surface area contributed by atoms with E-state index >= 15 is 0 Å². The van der Waals surface area contributed by atoms with Gasteiger partial charge in [0.1, 0.15) is 11.5 Å². The highest BCUT2D eigenvalue weighted by Crippen LogP contribution is 2.23. The largest absolute Gasteiger partial charge is 0.385 e. The quantitative estimate of drug-likeness (QED) is 0.906. The van der Waals surface area contributed by atoms with E-state index in [2.05, 4.69) is 15.6 Å². The van der Waals surface area contributed by atoms with Crippen LogP contribution in [0.25, 0.3) is 0 Å². The van der Waals surface area contributed by atoms with Gasteiger partial charge in [0.2, 0.25) is 0 Å². The Balaban J connectivity index is 2.19. The number of nitrogens with zero attached hydrogens (tertiary/aromatic N) is 1. The molecule has 1 aromatic carbocycles. The predicted molar refractivity (Wildman–Crippen MR) is 77.8 cm³/mol. The van der Waals surface area contributed by atoms with Gasteiger partial charge in [0.15, 0.2) is 0 Å². The van der Waals surface area contributed by atoms with Gasteiger partial charge in [-0.3, -0.25) is 9.78 Å². The van der Waals surface area contributed by atoms with Gasteiger partial charge < -0.3 is 10.6 Å². The molecule has 2 aromatic rings. The first-order valence-electron chi connectivity index (χ1n) is 6.06. The molecule has 4 nitrogen and oxygen atoms in total. The smallest absolute Gasteiger partial charge is 0.274 e. The van der Waals surface area contributed by atoms with Gasteiger partial charge in [-0.05, 0) is 37.3 Å². The first-order chi connectivity index (χ1) is 9.60. The van der Waals surface area contributed by atoms with E-state index in [0.717, 1.165) is 18.3 Å². The zero-order chi connectivity index (χ0) is 14.5. The summed E-state index contributed by atoms with van der Waals surface area (Å²) < 4.78 is 13.1. The van der Waals surface area contributed by atoms with Crippen LogP contribution in [-0.4, -0.2) is 17.4 Å². The Morgan fingerprint density at radius 3 is 2.90 bits per heavy atom. The van der Waals surface area contributed by atoms with Crippen LogP contribution in [0.1, 0.15) is 17.4 Å². The Morgan fingerprint density at radius 1 is 1.35 bits per heavy atom. The summed E-state index contributed by atoms with van der Waals surface area (Å²) in [4.78, 5) is 16.0. The first-order valence-corrected chi connectivity index (χ1v) is 6.44. The maximum atomic E-state index is 13.1. The number of carbonyl (C=O) groups is 1. The van der Waals surface area contributed by atoms with Gasteiger partial charge in [-0.15, -0.1) is 0 Å². The number of halogens is 2. The average molecular weight is 294 g/mol. The van der Waals surface area contributed by atoms with E-state index in [9.17, 15) is 9.18 Å². The second-order valence-corrected chi connectivity index (χ2v) is 4.45. The Labute approximate surface area is 121 Å². The topological polar surface area (TPSA) is 54.0 Å². The normalized spacial score (nSPS) is 10.2. The third-order valence-electron chi connectivity index (χ3n) is 2.55. The molecule has 20 heavy (non-hydrogen) atoms. The molecule has 0 atom stereocenters. The van der Waals surface area contributed by atoms with Gasteiger partial charge in [0, 0.05) is 18.4 Å². The fourth-order valence-corrected chi connectivity index (χ4v) is 1.81. The minimum Gasteiger partial charge on any atom is -0.385 e. The monoisotopic (exact) mass is 293 g/mol. The molecule has 104 valence electrons. The summed E-state index contributed by atoms with van der Waals surface area (Å²) in [6.45, 7) is 2.69. The van der Waals surface area contributed by atoms with Crippen molar-refractivity contribution in [2.45, 2.75) is 6.92 Å². The van der Waals surface area contributed by atoms with Gasteiger partial charge in [0.05, 0.1) is 10.7 Å². The summed E-state index contributed by atoms with van der Waals surface area (Å²) in [7, 11) is 0. The second kappa shape index (κ2) is 6.34. The molecule has 0 unspecified atom stereocenters. The van der Waals surface area contributed by atoms with E-state index in [-0.39, 0.29) is 16.4 Å². The van der Waals surface area contributed by atoms with Crippen LogP contribution in [0, 0.1) is 5.82 Å². The number of carbonyl (C=O) groups excluding carboxylic acids is 1. The van der Waals surface area contributed by atoms with Crippen LogP contribution >= 0.6 is 11.6 Å². The van der Waals surface area contributed by atoms with Crippen molar-refractivity contribution in [3.8, 4) is 0 Å². The number of aromatic nitrogens is 1. The van der Waals surface area contributed by atoms with Gasteiger partial charge in [-0.2, -0.15) is 0 Å². The van der Waals surface area contributed by atoms with Crippen molar-refractivity contribution in [1.82, 2.24) is 4.98 Å². The molecule has 0 fully saturated rings. The summed E-state index contributed by atoms with van der Waals surface area (Å²) >= 11 is 5.89. The molecule has 0 radical (unpaired) electrons. The number of amides is 1. The molecule has 0 aliphatic rings. The molecule has 0 aliphatic heterocycles. The van der Waals surface area contributed by atoms with Crippen LogP contribution in [0.2, 0.25) is 5.02 Å². The standard InChI is InChI=1S/C14H13ClFN3O/c1-2-17-10-5-6-18-13(8-10)14(20)19-12-7-9(16)3-4-11(12)15/h3-8H,2H2,1H3,(H,17,18)(H,19,20). The summed E-state index contributed by atoms with van der Waals surface area (Å²) in [6, 6.07) is 7.15. The molecule has 0 saturated carbocycles. The highest BCUT2D eigenvalue weighted by atomic mass is 35.5. The molecule has 0 spiro atoms.